The molecule has 9 nitrogen and oxygen atoms in total. The van der Waals surface area contributed by atoms with Crippen LogP contribution >= 0.6 is 0 Å². The second-order valence-corrected chi connectivity index (χ2v) is 7.68. The Kier molecular flexibility index (Phi) is 20.7. The number of aliphatic hydroxyl groups excluding tert-OH is 2. The third-order valence-corrected chi connectivity index (χ3v) is 4.13. The molecule has 0 aromatic carbocycles. The molecule has 0 amide bonds. The van der Waals surface area contributed by atoms with E-state index in [0.29, 0.717) is 45.7 Å². The first kappa shape index (κ1) is 29.9. The molecule has 0 aromatic heterocycles. The molecule has 27 heavy (non-hydrogen) atoms. The van der Waals surface area contributed by atoms with Crippen LogP contribution in [-0.4, -0.2) is 87.1 Å². The van der Waals surface area contributed by atoms with E-state index in [1.165, 1.54) is 0 Å². The average molecular weight is 427 g/mol. The zero-order valence-corrected chi connectivity index (χ0v) is 19.5. The average Bonchev–Trinajstić information content (AvgIpc) is 2.52. The van der Waals surface area contributed by atoms with E-state index in [4.69, 9.17) is 29.2 Å². The summed E-state index contributed by atoms with van der Waals surface area (Å²) in [6.45, 7) is 5.53. The molecule has 0 spiro atoms. The fourth-order valence-corrected chi connectivity index (χ4v) is 2.65. The van der Waals surface area contributed by atoms with Gasteiger partial charge in [0.1, 0.15) is 0 Å². The maximum absolute atomic E-state index is 11.3. The van der Waals surface area contributed by atoms with Gasteiger partial charge in [-0.1, -0.05) is 0 Å². The largest absolute Gasteiger partial charge is 1.00 e. The smallest absolute Gasteiger partial charge is 1.00 e. The summed E-state index contributed by atoms with van der Waals surface area (Å²) in [7, 11) is -4.29. The molecule has 160 valence electrons. The van der Waals surface area contributed by atoms with E-state index < -0.39 is 27.8 Å². The van der Waals surface area contributed by atoms with Crippen molar-refractivity contribution in [2.45, 2.75) is 57.2 Å². The van der Waals surface area contributed by atoms with Crippen LogP contribution in [0.1, 0.15) is 41.0 Å². The molecular weight excluding hydrogens is 391 g/mol. The van der Waals surface area contributed by atoms with E-state index in [2.05, 4.69) is 0 Å². The standard InChI is InChI=1S/C16H34O9S.Na.H/c1-14(17)12-23-9-4-8-22-7-3-6-16(26(19,20)21)25-11-5-10-24-13-15(2)18;;/h14-18H,3-13H2,1-2H3,(H,19,20,21);;/q;+1;-1. The third-order valence-electron chi connectivity index (χ3n) is 3.09. The van der Waals surface area contributed by atoms with E-state index >= 15 is 0 Å². The van der Waals surface area contributed by atoms with Gasteiger partial charge in [-0.3, -0.25) is 4.55 Å². The van der Waals surface area contributed by atoms with Crippen molar-refractivity contribution in [1.29, 1.82) is 0 Å². The predicted molar refractivity (Wildman–Crippen MR) is 96.7 cm³/mol. The van der Waals surface area contributed by atoms with Crippen LogP contribution in [0.4, 0.5) is 0 Å². The normalized spacial score (nSPS) is 15.1. The maximum Gasteiger partial charge on any atom is 1.00 e. The van der Waals surface area contributed by atoms with Crippen LogP contribution in [0.2, 0.25) is 0 Å². The Balaban J connectivity index is -0.00000312. The molecule has 0 saturated carbocycles. The van der Waals surface area contributed by atoms with Crippen molar-refractivity contribution in [2.24, 2.45) is 0 Å². The Hall–Kier alpha value is 0.670. The van der Waals surface area contributed by atoms with Gasteiger partial charge in [0.15, 0.2) is 5.44 Å². The molecule has 11 heteroatoms. The van der Waals surface area contributed by atoms with Crippen molar-refractivity contribution >= 4 is 10.1 Å². The van der Waals surface area contributed by atoms with Gasteiger partial charge in [-0.15, -0.1) is 0 Å². The molecule has 0 bridgehead atoms. The molecule has 0 heterocycles. The van der Waals surface area contributed by atoms with Gasteiger partial charge in [0.05, 0.1) is 32.0 Å². The van der Waals surface area contributed by atoms with Gasteiger partial charge >= 0.3 is 29.6 Å². The third kappa shape index (κ3) is 21.2. The van der Waals surface area contributed by atoms with Gasteiger partial charge in [0, 0.05) is 26.4 Å². The maximum atomic E-state index is 11.3. The molecule has 0 aromatic rings. The fourth-order valence-electron chi connectivity index (χ4n) is 1.92. The van der Waals surface area contributed by atoms with E-state index in [-0.39, 0.29) is 57.2 Å². The fraction of sp³-hybridized carbons (Fsp3) is 1.00. The number of ether oxygens (including phenoxy) is 4. The molecule has 0 aliphatic rings. The quantitative estimate of drug-likeness (QED) is 0.126. The number of rotatable bonds is 18. The monoisotopic (exact) mass is 426 g/mol. The molecule has 0 aliphatic carbocycles. The van der Waals surface area contributed by atoms with Crippen LogP contribution in [-0.2, 0) is 29.1 Å². The summed E-state index contributed by atoms with van der Waals surface area (Å²) in [5, 5.41) is 18.0. The predicted octanol–water partition coefficient (Wildman–Crippen LogP) is -2.29. The van der Waals surface area contributed by atoms with Crippen molar-refractivity contribution in [1.82, 2.24) is 0 Å². The van der Waals surface area contributed by atoms with E-state index in [9.17, 15) is 13.0 Å². The Morgan fingerprint density at radius 2 is 1.26 bits per heavy atom. The first-order chi connectivity index (χ1) is 12.2. The molecule has 0 aliphatic heterocycles. The molecule has 0 radical (unpaired) electrons. The second kappa shape index (κ2) is 18.7. The number of hydrogen-bond donors (Lipinski definition) is 3. The zero-order valence-electron chi connectivity index (χ0n) is 17.7. The van der Waals surface area contributed by atoms with Crippen LogP contribution in [0.3, 0.4) is 0 Å². The molecule has 3 unspecified atom stereocenters. The second-order valence-electron chi connectivity index (χ2n) is 6.12. The Bertz CT molecular complexity index is 424. The minimum Gasteiger partial charge on any atom is -1.00 e. The summed E-state index contributed by atoms with van der Waals surface area (Å²) >= 11 is 0. The van der Waals surface area contributed by atoms with Gasteiger partial charge in [-0.25, -0.2) is 0 Å². The number of aliphatic hydroxyl groups is 2. The first-order valence-corrected chi connectivity index (χ1v) is 10.4. The van der Waals surface area contributed by atoms with Crippen LogP contribution in [0.15, 0.2) is 0 Å². The summed E-state index contributed by atoms with van der Waals surface area (Å²) in [5.74, 6) is 0. The summed E-state index contributed by atoms with van der Waals surface area (Å²) in [5.41, 5.74) is -1.28. The molecule has 0 rings (SSSR count). The molecule has 3 N–H and O–H groups in total. The van der Waals surface area contributed by atoms with Gasteiger partial charge in [0.2, 0.25) is 0 Å². The molecule has 0 fully saturated rings. The molecule has 3 atom stereocenters. The number of hydrogen-bond acceptors (Lipinski definition) is 8. The summed E-state index contributed by atoms with van der Waals surface area (Å²) in [6, 6.07) is 0. The van der Waals surface area contributed by atoms with Crippen molar-refractivity contribution < 1.29 is 73.1 Å². The van der Waals surface area contributed by atoms with Crippen molar-refractivity contribution in [3.05, 3.63) is 0 Å². The minimum atomic E-state index is -4.29. The summed E-state index contributed by atoms with van der Waals surface area (Å²) < 4.78 is 52.8. The Morgan fingerprint density at radius 1 is 0.815 bits per heavy atom. The summed E-state index contributed by atoms with van der Waals surface area (Å²) in [6.07, 6.45) is 0.659. The van der Waals surface area contributed by atoms with Gasteiger partial charge in [-0.05, 0) is 39.5 Å². The van der Waals surface area contributed by atoms with Crippen LogP contribution < -0.4 is 29.6 Å². The van der Waals surface area contributed by atoms with E-state index in [0.717, 1.165) is 0 Å². The van der Waals surface area contributed by atoms with Crippen LogP contribution in [0.5, 0.6) is 0 Å². The zero-order chi connectivity index (χ0) is 19.8. The van der Waals surface area contributed by atoms with E-state index in [1.807, 2.05) is 0 Å². The summed E-state index contributed by atoms with van der Waals surface area (Å²) in [4.78, 5) is 0. The molecule has 0 saturated heterocycles. The topological polar surface area (TPSA) is 132 Å². The first-order valence-electron chi connectivity index (χ1n) is 8.90. The van der Waals surface area contributed by atoms with Crippen molar-refractivity contribution in [3.63, 3.8) is 0 Å². The van der Waals surface area contributed by atoms with Crippen LogP contribution in [0.25, 0.3) is 0 Å². The van der Waals surface area contributed by atoms with Gasteiger partial charge < -0.3 is 30.6 Å². The Labute approximate surface area is 186 Å². The van der Waals surface area contributed by atoms with Crippen molar-refractivity contribution in [3.8, 4) is 0 Å². The van der Waals surface area contributed by atoms with Crippen molar-refractivity contribution in [2.75, 3.05) is 46.2 Å². The molecular formula is C16H35NaO9S. The van der Waals surface area contributed by atoms with E-state index in [1.54, 1.807) is 13.8 Å². The van der Waals surface area contributed by atoms with Gasteiger partial charge in [-0.2, -0.15) is 8.42 Å². The minimum absolute atomic E-state index is 0. The van der Waals surface area contributed by atoms with Crippen LogP contribution in [0, 0.1) is 0 Å². The van der Waals surface area contributed by atoms with Gasteiger partial charge in [0.25, 0.3) is 10.1 Å². The Morgan fingerprint density at radius 3 is 1.74 bits per heavy atom. The SMILES string of the molecule is CC(O)COCCCOCCCC(OCCCOCC(C)O)S(=O)(=O)O.[H-].[Na+].